The summed E-state index contributed by atoms with van der Waals surface area (Å²) >= 11 is 0. The van der Waals surface area contributed by atoms with Crippen molar-refractivity contribution in [3.8, 4) is 0 Å². The summed E-state index contributed by atoms with van der Waals surface area (Å²) in [7, 11) is 0. The van der Waals surface area contributed by atoms with Crippen LogP contribution < -0.4 is 10.5 Å². The van der Waals surface area contributed by atoms with Crippen molar-refractivity contribution in [3.05, 3.63) is 57.8 Å². The van der Waals surface area contributed by atoms with E-state index >= 15 is 0 Å². The van der Waals surface area contributed by atoms with Crippen LogP contribution >= 0.6 is 0 Å². The van der Waals surface area contributed by atoms with Gasteiger partial charge in [0.2, 0.25) is 5.95 Å². The van der Waals surface area contributed by atoms with Crippen LogP contribution in [0.1, 0.15) is 36.4 Å². The zero-order chi connectivity index (χ0) is 17.2. The van der Waals surface area contributed by atoms with Crippen molar-refractivity contribution < 1.29 is 4.39 Å². The van der Waals surface area contributed by atoms with Gasteiger partial charge in [-0.05, 0) is 43.5 Å². The summed E-state index contributed by atoms with van der Waals surface area (Å²) < 4.78 is 13.0. The first kappa shape index (κ1) is 16.3. The maximum Gasteiger partial charge on any atom is 0.252 e. The molecule has 0 saturated carbocycles. The molecule has 5 nitrogen and oxygen atoms in total. The molecular formula is C19H23FN4O. The van der Waals surface area contributed by atoms with E-state index in [-0.39, 0.29) is 17.3 Å². The Labute approximate surface area is 146 Å². The lowest BCUT2D eigenvalue weighted by atomic mass is 10.0. The molecule has 1 unspecified atom stereocenters. The van der Waals surface area contributed by atoms with E-state index in [1.54, 1.807) is 6.07 Å². The summed E-state index contributed by atoms with van der Waals surface area (Å²) in [5, 5.41) is 0. The molecule has 3 heterocycles. The zero-order valence-corrected chi connectivity index (χ0v) is 14.2. The normalized spacial score (nSPS) is 21.2. The van der Waals surface area contributed by atoms with Gasteiger partial charge in [0.1, 0.15) is 5.82 Å². The second-order valence-electron chi connectivity index (χ2n) is 7.04. The lowest BCUT2D eigenvalue weighted by Crippen LogP contribution is -2.25. The number of aromatic amines is 1. The summed E-state index contributed by atoms with van der Waals surface area (Å²) in [6, 6.07) is 8.32. The maximum absolute atomic E-state index is 13.0. The number of nitrogens with one attached hydrogen (secondary N) is 1. The first-order valence-corrected chi connectivity index (χ1v) is 9.00. The minimum absolute atomic E-state index is 0.0658. The third-order valence-electron chi connectivity index (χ3n) is 5.16. The van der Waals surface area contributed by atoms with Crippen LogP contribution in [0.25, 0.3) is 0 Å². The van der Waals surface area contributed by atoms with Crippen LogP contribution in [0.2, 0.25) is 0 Å². The smallest absolute Gasteiger partial charge is 0.252 e. The summed E-state index contributed by atoms with van der Waals surface area (Å²) in [5.74, 6) is 0.797. The zero-order valence-electron chi connectivity index (χ0n) is 14.2. The number of anilines is 1. The molecule has 2 fully saturated rings. The molecule has 2 aliphatic heterocycles. The molecule has 132 valence electrons. The van der Waals surface area contributed by atoms with Crippen LogP contribution in [-0.2, 0) is 6.54 Å². The highest BCUT2D eigenvalue weighted by molar-refractivity contribution is 5.32. The fourth-order valence-corrected chi connectivity index (χ4v) is 3.82. The van der Waals surface area contributed by atoms with Crippen molar-refractivity contribution in [2.24, 2.45) is 0 Å². The highest BCUT2D eigenvalue weighted by atomic mass is 19.1. The van der Waals surface area contributed by atoms with Gasteiger partial charge in [-0.25, -0.2) is 9.37 Å². The molecule has 6 heteroatoms. The molecule has 25 heavy (non-hydrogen) atoms. The minimum atomic E-state index is -0.204. The third kappa shape index (κ3) is 3.74. The van der Waals surface area contributed by atoms with Crippen LogP contribution in [0, 0.1) is 5.82 Å². The highest BCUT2D eigenvalue weighted by Crippen LogP contribution is 2.27. The molecule has 1 atom stereocenters. The van der Waals surface area contributed by atoms with Gasteiger partial charge in [-0.3, -0.25) is 14.7 Å². The lowest BCUT2D eigenvalue weighted by Gasteiger charge is -2.18. The molecule has 2 aromatic rings. The largest absolute Gasteiger partial charge is 0.342 e. The van der Waals surface area contributed by atoms with Gasteiger partial charge in [-0.1, -0.05) is 12.1 Å². The van der Waals surface area contributed by atoms with Gasteiger partial charge in [-0.15, -0.1) is 0 Å². The lowest BCUT2D eigenvalue weighted by molar-refractivity contribution is 0.326. The number of nitrogens with zero attached hydrogens (tertiary/aromatic N) is 3. The van der Waals surface area contributed by atoms with Crippen LogP contribution in [0.3, 0.4) is 0 Å². The quantitative estimate of drug-likeness (QED) is 0.928. The standard InChI is InChI=1S/C19H23FN4O/c20-16-5-3-14(4-6-16)12-23-10-7-15(13-23)17-11-18(25)22-19(21-17)24-8-1-2-9-24/h3-6,11,15H,1-2,7-10,12-13H2,(H,21,22,25). The fraction of sp³-hybridized carbons (Fsp3) is 0.474. The van der Waals surface area contributed by atoms with E-state index in [0.717, 1.165) is 69.2 Å². The predicted octanol–water partition coefficient (Wildman–Crippen LogP) is 2.50. The minimum Gasteiger partial charge on any atom is -0.342 e. The van der Waals surface area contributed by atoms with Gasteiger partial charge in [0.05, 0.1) is 5.69 Å². The first-order valence-electron chi connectivity index (χ1n) is 9.00. The Morgan fingerprint density at radius 3 is 2.68 bits per heavy atom. The van der Waals surface area contributed by atoms with E-state index in [0.29, 0.717) is 0 Å². The van der Waals surface area contributed by atoms with E-state index in [9.17, 15) is 9.18 Å². The van der Waals surface area contributed by atoms with E-state index in [2.05, 4.69) is 14.8 Å². The van der Waals surface area contributed by atoms with Crippen molar-refractivity contribution in [2.45, 2.75) is 31.7 Å². The number of aromatic nitrogens is 2. The third-order valence-corrected chi connectivity index (χ3v) is 5.16. The van der Waals surface area contributed by atoms with Crippen molar-refractivity contribution in [3.63, 3.8) is 0 Å². The molecule has 1 N–H and O–H groups in total. The SMILES string of the molecule is O=c1cc(C2CCN(Cc3ccc(F)cc3)C2)nc(N2CCCC2)[nH]1. The van der Waals surface area contributed by atoms with E-state index in [4.69, 9.17) is 4.98 Å². The van der Waals surface area contributed by atoms with Crippen molar-refractivity contribution in [1.82, 2.24) is 14.9 Å². The van der Waals surface area contributed by atoms with Crippen LogP contribution in [-0.4, -0.2) is 41.0 Å². The second kappa shape index (κ2) is 6.96. The number of rotatable bonds is 4. The maximum atomic E-state index is 13.0. The molecule has 0 bridgehead atoms. The Morgan fingerprint density at radius 2 is 1.92 bits per heavy atom. The molecule has 1 aromatic carbocycles. The number of hydrogen-bond donors (Lipinski definition) is 1. The number of hydrogen-bond acceptors (Lipinski definition) is 4. The number of H-pyrrole nitrogens is 1. The molecule has 0 aliphatic carbocycles. The van der Waals surface area contributed by atoms with Crippen molar-refractivity contribution in [2.75, 3.05) is 31.1 Å². The Bertz CT molecular complexity index is 783. The molecule has 4 rings (SSSR count). The number of likely N-dealkylation sites (tertiary alicyclic amines) is 1. The summed E-state index contributed by atoms with van der Waals surface area (Å²) in [4.78, 5) is 24.2. The summed E-state index contributed by atoms with van der Waals surface area (Å²) in [5.41, 5.74) is 1.94. The second-order valence-corrected chi connectivity index (χ2v) is 7.04. The Hall–Kier alpha value is -2.21. The predicted molar refractivity (Wildman–Crippen MR) is 95.3 cm³/mol. The Morgan fingerprint density at radius 1 is 1.16 bits per heavy atom. The molecule has 0 radical (unpaired) electrons. The van der Waals surface area contributed by atoms with Crippen molar-refractivity contribution in [1.29, 1.82) is 0 Å². The average Bonchev–Trinajstić information content (AvgIpc) is 3.28. The van der Waals surface area contributed by atoms with Gasteiger partial charge in [0.25, 0.3) is 5.56 Å². The van der Waals surface area contributed by atoms with Gasteiger partial charge >= 0.3 is 0 Å². The van der Waals surface area contributed by atoms with Crippen molar-refractivity contribution >= 4 is 5.95 Å². The Balaban J connectivity index is 1.46. The van der Waals surface area contributed by atoms with E-state index in [1.165, 1.54) is 12.1 Å². The van der Waals surface area contributed by atoms with Gasteiger partial charge < -0.3 is 4.90 Å². The Kier molecular flexibility index (Phi) is 4.53. The monoisotopic (exact) mass is 342 g/mol. The van der Waals surface area contributed by atoms with Gasteiger partial charge in [0.15, 0.2) is 0 Å². The van der Waals surface area contributed by atoms with Gasteiger partial charge in [0, 0.05) is 38.2 Å². The van der Waals surface area contributed by atoms with E-state index in [1.807, 2.05) is 12.1 Å². The molecule has 0 amide bonds. The van der Waals surface area contributed by atoms with Crippen LogP contribution in [0.15, 0.2) is 35.1 Å². The van der Waals surface area contributed by atoms with Crippen LogP contribution in [0.4, 0.5) is 10.3 Å². The number of benzene rings is 1. The average molecular weight is 342 g/mol. The van der Waals surface area contributed by atoms with E-state index < -0.39 is 0 Å². The molecule has 1 aromatic heterocycles. The molecule has 2 aliphatic rings. The van der Waals surface area contributed by atoms with Crippen LogP contribution in [0.5, 0.6) is 0 Å². The molecule has 2 saturated heterocycles. The number of halogens is 1. The summed E-state index contributed by atoms with van der Waals surface area (Å²) in [6.07, 6.45) is 3.31. The fourth-order valence-electron chi connectivity index (χ4n) is 3.82. The molecule has 0 spiro atoms. The highest BCUT2D eigenvalue weighted by Gasteiger charge is 2.26. The van der Waals surface area contributed by atoms with Gasteiger partial charge in [-0.2, -0.15) is 0 Å². The summed E-state index contributed by atoms with van der Waals surface area (Å²) in [6.45, 7) is 4.59. The first-order chi connectivity index (χ1) is 12.2. The molecular weight excluding hydrogens is 319 g/mol. The topological polar surface area (TPSA) is 52.2 Å².